The van der Waals surface area contributed by atoms with Crippen LogP contribution in [0.2, 0.25) is 0 Å². The molecule has 1 aliphatic rings. The minimum absolute atomic E-state index is 0.0778. The fourth-order valence-electron chi connectivity index (χ4n) is 4.06. The zero-order valence-corrected chi connectivity index (χ0v) is 21.2. The fraction of sp³-hybridized carbons (Fsp3) is 0.222. The SMILES string of the molecule is Cc1ccc(C=CC(=O)N2CCN(C(c3ccc(Br)cc3)c3ccc(Br)cc3)CC2)cc1. The number of hydrogen-bond acceptors (Lipinski definition) is 2. The van der Waals surface area contributed by atoms with Crippen LogP contribution < -0.4 is 0 Å². The van der Waals surface area contributed by atoms with Gasteiger partial charge in [0.1, 0.15) is 0 Å². The van der Waals surface area contributed by atoms with Gasteiger partial charge in [-0.05, 0) is 54.0 Å². The molecule has 0 atom stereocenters. The summed E-state index contributed by atoms with van der Waals surface area (Å²) in [6.45, 7) is 5.18. The minimum Gasteiger partial charge on any atom is -0.337 e. The van der Waals surface area contributed by atoms with Crippen molar-refractivity contribution in [1.29, 1.82) is 0 Å². The van der Waals surface area contributed by atoms with Crippen molar-refractivity contribution >= 4 is 43.8 Å². The van der Waals surface area contributed by atoms with E-state index in [0.29, 0.717) is 0 Å². The maximum atomic E-state index is 12.7. The van der Waals surface area contributed by atoms with Crippen LogP contribution in [-0.4, -0.2) is 41.9 Å². The van der Waals surface area contributed by atoms with E-state index in [1.54, 1.807) is 6.08 Å². The highest BCUT2D eigenvalue weighted by molar-refractivity contribution is 9.10. The standard InChI is InChI=1S/C27H26Br2N2O/c1-20-2-4-21(5-3-20)6-15-26(32)30-16-18-31(19-17-30)27(22-7-11-24(28)12-8-22)23-9-13-25(29)14-10-23/h2-15,27H,16-19H2,1H3. The molecule has 1 heterocycles. The molecule has 0 N–H and O–H groups in total. The summed E-state index contributed by atoms with van der Waals surface area (Å²) in [6.07, 6.45) is 3.60. The third kappa shape index (κ3) is 5.77. The summed E-state index contributed by atoms with van der Waals surface area (Å²) in [5, 5.41) is 0. The number of carbonyl (C=O) groups excluding carboxylic acids is 1. The Hall–Kier alpha value is -2.21. The molecule has 3 aromatic rings. The van der Waals surface area contributed by atoms with E-state index < -0.39 is 0 Å². The number of amides is 1. The van der Waals surface area contributed by atoms with Crippen LogP contribution in [0.3, 0.4) is 0 Å². The number of piperazine rings is 1. The van der Waals surface area contributed by atoms with Gasteiger partial charge in [-0.15, -0.1) is 0 Å². The average Bonchev–Trinajstić information content (AvgIpc) is 2.81. The Bertz CT molecular complexity index is 1020. The van der Waals surface area contributed by atoms with Crippen LogP contribution in [0.15, 0.2) is 87.8 Å². The molecule has 5 heteroatoms. The first-order valence-corrected chi connectivity index (χ1v) is 12.4. The number of hydrogen-bond donors (Lipinski definition) is 0. The number of carbonyl (C=O) groups is 1. The van der Waals surface area contributed by atoms with Crippen LogP contribution >= 0.6 is 31.9 Å². The summed E-state index contributed by atoms with van der Waals surface area (Å²) >= 11 is 7.09. The van der Waals surface area contributed by atoms with Crippen LogP contribution in [0.25, 0.3) is 6.08 Å². The van der Waals surface area contributed by atoms with Gasteiger partial charge in [-0.1, -0.05) is 86.0 Å². The van der Waals surface area contributed by atoms with Gasteiger partial charge < -0.3 is 4.90 Å². The van der Waals surface area contributed by atoms with E-state index in [2.05, 4.69) is 104 Å². The Morgan fingerprint density at radius 3 is 1.78 bits per heavy atom. The van der Waals surface area contributed by atoms with Gasteiger partial charge in [0.15, 0.2) is 0 Å². The van der Waals surface area contributed by atoms with Gasteiger partial charge >= 0.3 is 0 Å². The highest BCUT2D eigenvalue weighted by Crippen LogP contribution is 2.31. The molecular formula is C27H26Br2N2O. The zero-order chi connectivity index (χ0) is 22.5. The lowest BCUT2D eigenvalue weighted by molar-refractivity contribution is -0.127. The van der Waals surface area contributed by atoms with Crippen molar-refractivity contribution in [3.63, 3.8) is 0 Å². The van der Waals surface area contributed by atoms with Crippen molar-refractivity contribution in [2.75, 3.05) is 26.2 Å². The lowest BCUT2D eigenvalue weighted by Crippen LogP contribution is -2.49. The maximum absolute atomic E-state index is 12.7. The molecule has 164 valence electrons. The van der Waals surface area contributed by atoms with Gasteiger partial charge in [0.05, 0.1) is 6.04 Å². The molecular weight excluding hydrogens is 528 g/mol. The molecule has 1 saturated heterocycles. The molecule has 32 heavy (non-hydrogen) atoms. The third-order valence-corrected chi connectivity index (χ3v) is 6.92. The van der Waals surface area contributed by atoms with Gasteiger partial charge in [-0.2, -0.15) is 0 Å². The predicted octanol–water partition coefficient (Wildman–Crippen LogP) is 6.47. The molecule has 3 nitrogen and oxygen atoms in total. The second-order valence-corrected chi connectivity index (χ2v) is 9.94. The molecule has 1 aliphatic heterocycles. The minimum atomic E-state index is 0.0778. The molecule has 0 aliphatic carbocycles. The van der Waals surface area contributed by atoms with Gasteiger partial charge in [0.2, 0.25) is 5.91 Å². The highest BCUT2D eigenvalue weighted by atomic mass is 79.9. The van der Waals surface area contributed by atoms with Crippen molar-refractivity contribution in [1.82, 2.24) is 9.80 Å². The second kappa shape index (κ2) is 10.6. The number of benzene rings is 3. The second-order valence-electron chi connectivity index (χ2n) is 8.11. The molecule has 0 saturated carbocycles. The van der Waals surface area contributed by atoms with Gasteiger partial charge in [0.25, 0.3) is 0 Å². The fourth-order valence-corrected chi connectivity index (χ4v) is 4.58. The first-order valence-electron chi connectivity index (χ1n) is 10.8. The molecule has 0 bridgehead atoms. The summed E-state index contributed by atoms with van der Waals surface area (Å²) in [6, 6.07) is 25.5. The van der Waals surface area contributed by atoms with Crippen LogP contribution in [0.4, 0.5) is 0 Å². The van der Waals surface area contributed by atoms with Gasteiger partial charge in [-0.3, -0.25) is 9.69 Å². The largest absolute Gasteiger partial charge is 0.337 e. The summed E-state index contributed by atoms with van der Waals surface area (Å²) in [4.78, 5) is 17.2. The normalized spacial score (nSPS) is 14.9. The van der Waals surface area contributed by atoms with Gasteiger partial charge in [0, 0.05) is 41.2 Å². The number of aryl methyl sites for hydroxylation is 1. The van der Waals surface area contributed by atoms with E-state index in [1.807, 2.05) is 23.1 Å². The monoisotopic (exact) mass is 552 g/mol. The predicted molar refractivity (Wildman–Crippen MR) is 138 cm³/mol. The topological polar surface area (TPSA) is 23.6 Å². The number of rotatable bonds is 5. The third-order valence-electron chi connectivity index (χ3n) is 5.86. The van der Waals surface area contributed by atoms with E-state index in [9.17, 15) is 4.79 Å². The van der Waals surface area contributed by atoms with Crippen molar-refractivity contribution in [2.45, 2.75) is 13.0 Å². The summed E-state index contributed by atoms with van der Waals surface area (Å²) in [7, 11) is 0. The first-order chi connectivity index (χ1) is 15.5. The van der Waals surface area contributed by atoms with Crippen molar-refractivity contribution < 1.29 is 4.79 Å². The van der Waals surface area contributed by atoms with Gasteiger partial charge in [-0.25, -0.2) is 0 Å². The van der Waals surface area contributed by atoms with Crippen molar-refractivity contribution in [3.05, 3.63) is 110 Å². The molecule has 0 radical (unpaired) electrons. The Morgan fingerprint density at radius 1 is 0.781 bits per heavy atom. The van der Waals surface area contributed by atoms with E-state index in [1.165, 1.54) is 16.7 Å². The average molecular weight is 554 g/mol. The van der Waals surface area contributed by atoms with Crippen LogP contribution in [-0.2, 0) is 4.79 Å². The van der Waals surface area contributed by atoms with Crippen molar-refractivity contribution in [2.24, 2.45) is 0 Å². The smallest absolute Gasteiger partial charge is 0.246 e. The molecule has 0 unspecified atom stereocenters. The van der Waals surface area contributed by atoms with Crippen molar-refractivity contribution in [3.8, 4) is 0 Å². The summed E-state index contributed by atoms with van der Waals surface area (Å²) < 4.78 is 2.15. The Morgan fingerprint density at radius 2 is 1.28 bits per heavy atom. The Balaban J connectivity index is 1.46. The summed E-state index contributed by atoms with van der Waals surface area (Å²) in [5.74, 6) is 0.0778. The van der Waals surface area contributed by atoms with E-state index in [4.69, 9.17) is 0 Å². The summed E-state index contributed by atoms with van der Waals surface area (Å²) in [5.41, 5.74) is 4.79. The van der Waals surface area contributed by atoms with Crippen LogP contribution in [0, 0.1) is 6.92 Å². The first kappa shape index (κ1) is 23.0. The van der Waals surface area contributed by atoms with Crippen LogP contribution in [0.5, 0.6) is 0 Å². The lowest BCUT2D eigenvalue weighted by atomic mass is 9.96. The number of halogens is 2. The molecule has 1 fully saturated rings. The van der Waals surface area contributed by atoms with Crippen LogP contribution in [0.1, 0.15) is 28.3 Å². The maximum Gasteiger partial charge on any atom is 0.246 e. The number of nitrogens with zero attached hydrogens (tertiary/aromatic N) is 2. The van der Waals surface area contributed by atoms with E-state index in [-0.39, 0.29) is 11.9 Å². The molecule has 1 amide bonds. The quantitative estimate of drug-likeness (QED) is 0.338. The highest BCUT2D eigenvalue weighted by Gasteiger charge is 2.27. The molecule has 0 spiro atoms. The molecule has 0 aromatic heterocycles. The van der Waals surface area contributed by atoms with E-state index in [0.717, 1.165) is 40.7 Å². The Kier molecular flexibility index (Phi) is 7.61. The van der Waals surface area contributed by atoms with E-state index >= 15 is 0 Å². The molecule has 3 aromatic carbocycles. The zero-order valence-electron chi connectivity index (χ0n) is 18.0. The molecule has 4 rings (SSSR count). The Labute approximate surface area is 207 Å². The lowest BCUT2D eigenvalue weighted by Gasteiger charge is -2.39.